The maximum Gasteiger partial charge on any atom is 0.240 e. The number of amides is 2. The molecule has 3 N–H and O–H groups in total. The largest absolute Gasteiger partial charge is 0.507 e. The van der Waals surface area contributed by atoms with E-state index in [-0.39, 0.29) is 30.4 Å². The Morgan fingerprint density at radius 2 is 1.92 bits per heavy atom. The first-order valence-electron chi connectivity index (χ1n) is 7.73. The standard InChI is InChI=1S/C18H18BrN3O4/c1-26-16-5-3-2-4-14(16)21-17(24)8-9-18(25)22-20-11-12-6-7-15(23)13(19)10-12/h2-7,10-11,23H,8-9H2,1H3,(H,21,24)(H,22,25). The van der Waals surface area contributed by atoms with E-state index in [0.29, 0.717) is 21.5 Å². The average molecular weight is 420 g/mol. The van der Waals surface area contributed by atoms with Gasteiger partial charge in [-0.2, -0.15) is 5.10 Å². The summed E-state index contributed by atoms with van der Waals surface area (Å²) >= 11 is 3.19. The molecular weight excluding hydrogens is 402 g/mol. The van der Waals surface area contributed by atoms with Crippen LogP contribution in [-0.4, -0.2) is 30.2 Å². The number of carbonyl (C=O) groups excluding carboxylic acids is 2. The van der Waals surface area contributed by atoms with Gasteiger partial charge in [-0.05, 0) is 51.8 Å². The van der Waals surface area contributed by atoms with Crippen molar-refractivity contribution in [2.45, 2.75) is 12.8 Å². The van der Waals surface area contributed by atoms with Gasteiger partial charge in [0.15, 0.2) is 0 Å². The molecule has 2 amide bonds. The smallest absolute Gasteiger partial charge is 0.240 e. The molecule has 2 rings (SSSR count). The predicted molar refractivity (Wildman–Crippen MR) is 102 cm³/mol. The molecule has 0 fully saturated rings. The highest BCUT2D eigenvalue weighted by Gasteiger charge is 2.09. The fourth-order valence-corrected chi connectivity index (χ4v) is 2.42. The van der Waals surface area contributed by atoms with Gasteiger partial charge in [0.1, 0.15) is 11.5 Å². The molecule has 0 saturated heterocycles. The lowest BCUT2D eigenvalue weighted by Crippen LogP contribution is -2.20. The second kappa shape index (κ2) is 9.57. The van der Waals surface area contributed by atoms with Crippen molar-refractivity contribution in [1.82, 2.24) is 5.43 Å². The minimum Gasteiger partial charge on any atom is -0.507 e. The third-order valence-corrected chi connectivity index (χ3v) is 3.97. The Bertz CT molecular complexity index is 824. The zero-order valence-electron chi connectivity index (χ0n) is 14.0. The van der Waals surface area contributed by atoms with E-state index in [4.69, 9.17) is 4.74 Å². The molecule has 0 unspecified atom stereocenters. The molecule has 0 radical (unpaired) electrons. The fourth-order valence-electron chi connectivity index (χ4n) is 2.03. The molecule has 136 valence electrons. The first-order chi connectivity index (χ1) is 12.5. The SMILES string of the molecule is COc1ccccc1NC(=O)CCC(=O)NN=Cc1ccc(O)c(Br)c1. The van der Waals surface area contributed by atoms with Gasteiger partial charge in [0, 0.05) is 12.8 Å². The summed E-state index contributed by atoms with van der Waals surface area (Å²) in [5.41, 5.74) is 3.61. The van der Waals surface area contributed by atoms with Crippen LogP contribution >= 0.6 is 15.9 Å². The van der Waals surface area contributed by atoms with Crippen LogP contribution in [0.1, 0.15) is 18.4 Å². The van der Waals surface area contributed by atoms with Crippen LogP contribution in [0.3, 0.4) is 0 Å². The molecule has 7 nitrogen and oxygen atoms in total. The number of hydrazone groups is 1. The molecule has 0 spiro atoms. The number of aromatic hydroxyl groups is 1. The van der Waals surface area contributed by atoms with Gasteiger partial charge in [0.2, 0.25) is 11.8 Å². The van der Waals surface area contributed by atoms with Crippen LogP contribution in [0.15, 0.2) is 52.0 Å². The Labute approximate surface area is 159 Å². The van der Waals surface area contributed by atoms with Crippen LogP contribution in [0.4, 0.5) is 5.69 Å². The number of phenolic OH excluding ortho intramolecular Hbond substituents is 1. The van der Waals surface area contributed by atoms with Crippen LogP contribution in [0.25, 0.3) is 0 Å². The van der Waals surface area contributed by atoms with E-state index >= 15 is 0 Å². The van der Waals surface area contributed by atoms with Crippen molar-refractivity contribution in [3.63, 3.8) is 0 Å². The number of nitrogens with one attached hydrogen (secondary N) is 2. The molecule has 0 bridgehead atoms. The van der Waals surface area contributed by atoms with Gasteiger partial charge in [-0.1, -0.05) is 12.1 Å². The topological polar surface area (TPSA) is 100 Å². The van der Waals surface area contributed by atoms with Crippen LogP contribution in [0.5, 0.6) is 11.5 Å². The normalized spacial score (nSPS) is 10.5. The number of ether oxygens (including phenoxy) is 1. The number of hydrogen-bond acceptors (Lipinski definition) is 5. The van der Waals surface area contributed by atoms with Gasteiger partial charge in [0.25, 0.3) is 0 Å². The fraction of sp³-hybridized carbons (Fsp3) is 0.167. The molecule has 0 saturated carbocycles. The zero-order valence-corrected chi connectivity index (χ0v) is 15.6. The van der Waals surface area contributed by atoms with Gasteiger partial charge in [-0.25, -0.2) is 5.43 Å². The van der Waals surface area contributed by atoms with Crippen molar-refractivity contribution < 1.29 is 19.4 Å². The van der Waals surface area contributed by atoms with Crippen molar-refractivity contribution in [1.29, 1.82) is 0 Å². The van der Waals surface area contributed by atoms with Crippen LogP contribution < -0.4 is 15.5 Å². The molecule has 2 aromatic carbocycles. The molecular formula is C18H18BrN3O4. The number of anilines is 1. The summed E-state index contributed by atoms with van der Waals surface area (Å²) in [5, 5.41) is 15.9. The molecule has 0 aromatic heterocycles. The number of rotatable bonds is 7. The first-order valence-corrected chi connectivity index (χ1v) is 8.52. The highest BCUT2D eigenvalue weighted by molar-refractivity contribution is 9.10. The van der Waals surface area contributed by atoms with Crippen molar-refractivity contribution in [3.8, 4) is 11.5 Å². The summed E-state index contributed by atoms with van der Waals surface area (Å²) < 4.78 is 5.68. The lowest BCUT2D eigenvalue weighted by Gasteiger charge is -2.09. The highest BCUT2D eigenvalue weighted by atomic mass is 79.9. The third-order valence-electron chi connectivity index (χ3n) is 3.33. The number of para-hydroxylation sites is 2. The summed E-state index contributed by atoms with van der Waals surface area (Å²) in [5.74, 6) is -0.00688. The third kappa shape index (κ3) is 5.89. The van der Waals surface area contributed by atoms with E-state index in [2.05, 4.69) is 31.8 Å². The van der Waals surface area contributed by atoms with Gasteiger partial charge >= 0.3 is 0 Å². The summed E-state index contributed by atoms with van der Waals surface area (Å²) in [6.45, 7) is 0. The number of hydrogen-bond donors (Lipinski definition) is 3. The summed E-state index contributed by atoms with van der Waals surface area (Å²) in [4.78, 5) is 23.7. The van der Waals surface area contributed by atoms with Crippen molar-refractivity contribution >= 4 is 39.6 Å². The van der Waals surface area contributed by atoms with Gasteiger partial charge < -0.3 is 15.2 Å². The van der Waals surface area contributed by atoms with E-state index < -0.39 is 0 Å². The second-order valence-electron chi connectivity index (χ2n) is 5.25. The number of nitrogens with zero attached hydrogens (tertiary/aromatic N) is 1. The van der Waals surface area contributed by atoms with E-state index in [1.165, 1.54) is 19.4 Å². The number of benzene rings is 2. The van der Waals surface area contributed by atoms with Gasteiger partial charge in [0.05, 0.1) is 23.5 Å². The number of phenols is 1. The second-order valence-corrected chi connectivity index (χ2v) is 6.11. The van der Waals surface area contributed by atoms with Crippen molar-refractivity contribution in [3.05, 3.63) is 52.5 Å². The molecule has 0 aliphatic carbocycles. The highest BCUT2D eigenvalue weighted by Crippen LogP contribution is 2.24. The Hall–Kier alpha value is -2.87. The van der Waals surface area contributed by atoms with Gasteiger partial charge in [-0.15, -0.1) is 0 Å². The Morgan fingerprint density at radius 1 is 1.19 bits per heavy atom. The summed E-state index contributed by atoms with van der Waals surface area (Å²) in [6, 6.07) is 11.8. The summed E-state index contributed by atoms with van der Waals surface area (Å²) in [7, 11) is 1.52. The van der Waals surface area contributed by atoms with E-state index in [0.717, 1.165) is 0 Å². The number of methoxy groups -OCH3 is 1. The quantitative estimate of drug-likeness (QED) is 0.474. The molecule has 8 heteroatoms. The summed E-state index contributed by atoms with van der Waals surface area (Å²) in [6.07, 6.45) is 1.46. The Kier molecular flexibility index (Phi) is 7.16. The molecule has 0 atom stereocenters. The molecule has 2 aromatic rings. The van der Waals surface area contributed by atoms with Crippen molar-refractivity contribution in [2.24, 2.45) is 5.10 Å². The van der Waals surface area contributed by atoms with E-state index in [1.54, 1.807) is 36.4 Å². The number of carbonyl (C=O) groups is 2. The predicted octanol–water partition coefficient (Wildman–Crippen LogP) is 3.03. The lowest BCUT2D eigenvalue weighted by molar-refractivity contribution is -0.124. The van der Waals surface area contributed by atoms with Crippen LogP contribution in [0, 0.1) is 0 Å². The molecule has 0 heterocycles. The van der Waals surface area contributed by atoms with E-state index in [1.807, 2.05) is 0 Å². The molecule has 26 heavy (non-hydrogen) atoms. The Balaban J connectivity index is 1.78. The van der Waals surface area contributed by atoms with Gasteiger partial charge in [-0.3, -0.25) is 9.59 Å². The van der Waals surface area contributed by atoms with Crippen LogP contribution in [0.2, 0.25) is 0 Å². The average Bonchev–Trinajstić information content (AvgIpc) is 2.63. The Morgan fingerprint density at radius 3 is 2.65 bits per heavy atom. The maximum atomic E-state index is 11.9. The van der Waals surface area contributed by atoms with E-state index in [9.17, 15) is 14.7 Å². The first kappa shape index (κ1) is 19.5. The minimum absolute atomic E-state index is 0.00239. The number of halogens is 1. The molecule has 0 aliphatic heterocycles. The lowest BCUT2D eigenvalue weighted by atomic mass is 10.2. The van der Waals surface area contributed by atoms with Crippen molar-refractivity contribution in [2.75, 3.05) is 12.4 Å². The minimum atomic E-state index is -0.380. The molecule has 0 aliphatic rings. The monoisotopic (exact) mass is 419 g/mol. The zero-order chi connectivity index (χ0) is 18.9. The maximum absolute atomic E-state index is 11.9. The van der Waals surface area contributed by atoms with Crippen LogP contribution in [-0.2, 0) is 9.59 Å².